The Morgan fingerprint density at radius 1 is 0.667 bits per heavy atom. The van der Waals surface area contributed by atoms with E-state index >= 15 is 0 Å². The fourth-order valence-electron chi connectivity index (χ4n) is 3.28. The Hall–Kier alpha value is -0.710. The van der Waals surface area contributed by atoms with E-state index in [1.54, 1.807) is 0 Å². The van der Waals surface area contributed by atoms with Gasteiger partial charge in [-0.05, 0) is 25.7 Å². The zero-order chi connectivity index (χ0) is 19.7. The molecule has 4 nitrogen and oxygen atoms in total. The summed E-state index contributed by atoms with van der Waals surface area (Å²) in [7, 11) is 0. The quantitative estimate of drug-likeness (QED) is 0.233. The van der Waals surface area contributed by atoms with E-state index < -0.39 is 0 Å². The van der Waals surface area contributed by atoms with E-state index in [4.69, 9.17) is 9.47 Å². The Balaban J connectivity index is 2.05. The first-order valence-electron chi connectivity index (χ1n) is 11.2. The van der Waals surface area contributed by atoms with Crippen molar-refractivity contribution < 1.29 is 19.1 Å². The van der Waals surface area contributed by atoms with E-state index in [0.29, 0.717) is 13.2 Å². The van der Waals surface area contributed by atoms with Crippen LogP contribution in [-0.2, 0) is 19.1 Å². The van der Waals surface area contributed by atoms with Crippen LogP contribution in [0.2, 0.25) is 0 Å². The molecule has 0 spiro atoms. The predicted octanol–water partition coefficient (Wildman–Crippen LogP) is 6.06. The van der Waals surface area contributed by atoms with Crippen molar-refractivity contribution in [3.63, 3.8) is 0 Å². The standard InChI is InChI=1S/C22H40O4S/c1-3-5-7-9-11-13-17-25-21(23)19-15-16-20(27-19)22(24)26-18-14-12-10-8-6-4-2/h19-20H,3-18H2,1-2H3. The fraction of sp³-hybridized carbons (Fsp3) is 0.909. The highest BCUT2D eigenvalue weighted by Crippen LogP contribution is 2.35. The molecule has 0 saturated carbocycles. The second kappa shape index (κ2) is 16.3. The third-order valence-corrected chi connectivity index (χ3v) is 6.54. The van der Waals surface area contributed by atoms with Crippen molar-refractivity contribution in [3.05, 3.63) is 0 Å². The number of ether oxygens (including phenoxy) is 2. The smallest absolute Gasteiger partial charge is 0.319 e. The molecule has 2 atom stereocenters. The van der Waals surface area contributed by atoms with Gasteiger partial charge in [-0.1, -0.05) is 78.1 Å². The summed E-state index contributed by atoms with van der Waals surface area (Å²) in [5.41, 5.74) is 0. The van der Waals surface area contributed by atoms with Crippen molar-refractivity contribution in [2.75, 3.05) is 13.2 Å². The maximum absolute atomic E-state index is 12.1. The third-order valence-electron chi connectivity index (χ3n) is 5.03. The molecule has 0 aromatic carbocycles. The van der Waals surface area contributed by atoms with Gasteiger partial charge in [0.15, 0.2) is 0 Å². The van der Waals surface area contributed by atoms with Crippen LogP contribution in [0.3, 0.4) is 0 Å². The van der Waals surface area contributed by atoms with Gasteiger partial charge in [0.1, 0.15) is 10.5 Å². The average Bonchev–Trinajstić information content (AvgIpc) is 3.16. The molecule has 0 radical (unpaired) electrons. The molecule has 5 heteroatoms. The lowest BCUT2D eigenvalue weighted by molar-refractivity contribution is -0.144. The van der Waals surface area contributed by atoms with Crippen LogP contribution in [0, 0.1) is 0 Å². The molecular weight excluding hydrogens is 360 g/mol. The monoisotopic (exact) mass is 400 g/mol. The molecule has 0 amide bonds. The summed E-state index contributed by atoms with van der Waals surface area (Å²) >= 11 is 1.43. The van der Waals surface area contributed by atoms with Gasteiger partial charge in [0.2, 0.25) is 0 Å². The summed E-state index contributed by atoms with van der Waals surface area (Å²) in [6.45, 7) is 5.43. The highest BCUT2D eigenvalue weighted by Gasteiger charge is 2.36. The Morgan fingerprint density at radius 2 is 1.04 bits per heavy atom. The molecule has 1 rings (SSSR count). The molecule has 0 aromatic heterocycles. The van der Waals surface area contributed by atoms with Crippen molar-refractivity contribution in [2.45, 2.75) is 114 Å². The zero-order valence-corrected chi connectivity index (χ0v) is 18.3. The molecule has 27 heavy (non-hydrogen) atoms. The van der Waals surface area contributed by atoms with E-state index in [-0.39, 0.29) is 22.4 Å². The SMILES string of the molecule is CCCCCCCCOC(=O)C1CCC(C(=O)OCCCCCCCC)S1. The van der Waals surface area contributed by atoms with Crippen molar-refractivity contribution in [1.82, 2.24) is 0 Å². The van der Waals surface area contributed by atoms with Crippen molar-refractivity contribution >= 4 is 23.7 Å². The first kappa shape index (κ1) is 24.3. The number of hydrogen-bond donors (Lipinski definition) is 0. The average molecular weight is 401 g/mol. The summed E-state index contributed by atoms with van der Waals surface area (Å²) < 4.78 is 10.8. The summed E-state index contributed by atoms with van der Waals surface area (Å²) in [5.74, 6) is -0.306. The number of thioether (sulfide) groups is 1. The van der Waals surface area contributed by atoms with Crippen LogP contribution in [0.5, 0.6) is 0 Å². The van der Waals surface area contributed by atoms with Gasteiger partial charge in [0, 0.05) is 0 Å². The Labute approximate surface area is 170 Å². The van der Waals surface area contributed by atoms with Crippen LogP contribution in [0.1, 0.15) is 104 Å². The molecule has 1 saturated heterocycles. The number of esters is 2. The molecule has 1 aliphatic rings. The minimum absolute atomic E-state index is 0.153. The van der Waals surface area contributed by atoms with E-state index in [1.807, 2.05) is 0 Å². The molecule has 158 valence electrons. The minimum atomic E-state index is -0.198. The summed E-state index contributed by atoms with van der Waals surface area (Å²) in [5, 5.41) is -0.395. The first-order valence-corrected chi connectivity index (χ1v) is 12.1. The molecule has 1 fully saturated rings. The molecule has 0 aromatic rings. The number of carbonyl (C=O) groups is 2. The molecule has 1 heterocycles. The van der Waals surface area contributed by atoms with E-state index in [0.717, 1.165) is 38.5 Å². The number of carbonyl (C=O) groups excluding carboxylic acids is 2. The van der Waals surface area contributed by atoms with Gasteiger partial charge in [0.25, 0.3) is 0 Å². The highest BCUT2D eigenvalue weighted by molar-refractivity contribution is 8.02. The molecule has 2 unspecified atom stereocenters. The van der Waals surface area contributed by atoms with E-state index in [9.17, 15) is 9.59 Å². The number of unbranched alkanes of at least 4 members (excludes halogenated alkanes) is 10. The largest absolute Gasteiger partial charge is 0.465 e. The summed E-state index contributed by atoms with van der Waals surface area (Å²) in [6.07, 6.45) is 15.6. The highest BCUT2D eigenvalue weighted by atomic mass is 32.2. The number of hydrogen-bond acceptors (Lipinski definition) is 5. The van der Waals surface area contributed by atoms with E-state index in [1.165, 1.54) is 63.1 Å². The van der Waals surface area contributed by atoms with Gasteiger partial charge in [-0.15, -0.1) is 11.8 Å². The molecule has 0 N–H and O–H groups in total. The Bertz CT molecular complexity index is 364. The lowest BCUT2D eigenvalue weighted by atomic mass is 10.1. The third kappa shape index (κ3) is 11.7. The van der Waals surface area contributed by atoms with Crippen LogP contribution in [0.15, 0.2) is 0 Å². The van der Waals surface area contributed by atoms with Gasteiger partial charge >= 0.3 is 11.9 Å². The predicted molar refractivity (Wildman–Crippen MR) is 113 cm³/mol. The van der Waals surface area contributed by atoms with Crippen molar-refractivity contribution in [3.8, 4) is 0 Å². The second-order valence-electron chi connectivity index (χ2n) is 7.56. The Kier molecular flexibility index (Phi) is 14.7. The number of rotatable bonds is 16. The minimum Gasteiger partial charge on any atom is -0.465 e. The lowest BCUT2D eigenvalue weighted by Gasteiger charge is -2.11. The first-order chi connectivity index (χ1) is 13.2. The maximum Gasteiger partial charge on any atom is 0.319 e. The van der Waals surface area contributed by atoms with Crippen molar-refractivity contribution in [2.24, 2.45) is 0 Å². The maximum atomic E-state index is 12.1. The van der Waals surface area contributed by atoms with Gasteiger partial charge in [-0.3, -0.25) is 9.59 Å². The summed E-state index contributed by atoms with van der Waals surface area (Å²) in [6, 6.07) is 0. The van der Waals surface area contributed by atoms with Crippen LogP contribution in [-0.4, -0.2) is 35.7 Å². The van der Waals surface area contributed by atoms with E-state index in [2.05, 4.69) is 13.8 Å². The van der Waals surface area contributed by atoms with Gasteiger partial charge in [0.05, 0.1) is 13.2 Å². The van der Waals surface area contributed by atoms with Gasteiger partial charge in [-0.25, -0.2) is 0 Å². The lowest BCUT2D eigenvalue weighted by Crippen LogP contribution is -2.21. The second-order valence-corrected chi connectivity index (χ2v) is 8.97. The van der Waals surface area contributed by atoms with Crippen LogP contribution < -0.4 is 0 Å². The molecule has 1 aliphatic heterocycles. The molecule has 0 aliphatic carbocycles. The summed E-state index contributed by atoms with van der Waals surface area (Å²) in [4.78, 5) is 24.3. The topological polar surface area (TPSA) is 52.6 Å². The van der Waals surface area contributed by atoms with Gasteiger partial charge < -0.3 is 9.47 Å². The van der Waals surface area contributed by atoms with Crippen LogP contribution in [0.25, 0.3) is 0 Å². The van der Waals surface area contributed by atoms with Crippen molar-refractivity contribution in [1.29, 1.82) is 0 Å². The van der Waals surface area contributed by atoms with Gasteiger partial charge in [-0.2, -0.15) is 0 Å². The Morgan fingerprint density at radius 3 is 1.44 bits per heavy atom. The van der Waals surface area contributed by atoms with Crippen LogP contribution in [0.4, 0.5) is 0 Å². The fourth-order valence-corrected chi connectivity index (χ4v) is 4.58. The zero-order valence-electron chi connectivity index (χ0n) is 17.5. The normalized spacial score (nSPS) is 19.2. The molecular formula is C22H40O4S. The molecule has 0 bridgehead atoms. The van der Waals surface area contributed by atoms with Crippen LogP contribution >= 0.6 is 11.8 Å².